The van der Waals surface area contributed by atoms with Crippen LogP contribution in [0.2, 0.25) is 0 Å². The average Bonchev–Trinajstić information content (AvgIpc) is 3.64. The highest BCUT2D eigenvalue weighted by Crippen LogP contribution is 2.69. The molecule has 44 heavy (non-hydrogen) atoms. The molecule has 8 atom stereocenters. The first kappa shape index (κ1) is 32.8. The van der Waals surface area contributed by atoms with Gasteiger partial charge in [-0.1, -0.05) is 88.9 Å². The molecule has 1 aliphatic carbocycles. The Bertz CT molecular complexity index is 1220. The Labute approximate surface area is 268 Å². The Kier molecular flexibility index (Phi) is 10.3. The minimum atomic E-state index is -0.724. The summed E-state index contributed by atoms with van der Waals surface area (Å²) in [6.45, 7) is 15.2. The molecule has 0 radical (unpaired) electrons. The Morgan fingerprint density at radius 2 is 1.80 bits per heavy atom. The predicted octanol–water partition coefficient (Wildman–Crippen LogP) is 5.29. The molecule has 3 saturated heterocycles. The maximum atomic E-state index is 15.0. The second-order valence-electron chi connectivity index (χ2n) is 13.5. The van der Waals surface area contributed by atoms with Crippen LogP contribution in [-0.4, -0.2) is 85.3 Å². The standard InChI is InChI=1S/C36H51N3O4S/c1-6-19-37(22-26-15-11-9-12-16-26)33(41)30-29-21-25(5)36(44-29)31(30)34(42)39(28(23-40)24(4)8-3)32(36)35(43)38(20-7-2)27-17-13-10-14-18-27/h6-7,9,11-12,15-16,24-25,27-32,40H,1-2,8,10,13-14,17-23H2,3-5H3/t24-,25?,28-,29+,30-,31-,32?,36?/m0/s1. The number of benzene rings is 1. The number of hydrogen-bond acceptors (Lipinski definition) is 5. The average molecular weight is 622 g/mol. The summed E-state index contributed by atoms with van der Waals surface area (Å²) in [7, 11) is 0. The van der Waals surface area contributed by atoms with E-state index in [2.05, 4.69) is 27.0 Å². The first-order valence-corrected chi connectivity index (χ1v) is 17.6. The molecule has 3 amide bonds. The van der Waals surface area contributed by atoms with Crippen molar-refractivity contribution in [1.29, 1.82) is 0 Å². The number of nitrogens with zero attached hydrogens (tertiary/aromatic N) is 3. The summed E-state index contributed by atoms with van der Waals surface area (Å²) < 4.78 is -0.722. The fraction of sp³-hybridized carbons (Fsp3) is 0.639. The summed E-state index contributed by atoms with van der Waals surface area (Å²) in [6, 6.07) is 8.82. The summed E-state index contributed by atoms with van der Waals surface area (Å²) in [5.41, 5.74) is 1.03. The number of hydrogen-bond donors (Lipinski definition) is 1. The monoisotopic (exact) mass is 621 g/mol. The van der Waals surface area contributed by atoms with Crippen LogP contribution < -0.4 is 0 Å². The van der Waals surface area contributed by atoms with Crippen molar-refractivity contribution < 1.29 is 19.5 Å². The van der Waals surface area contributed by atoms with Gasteiger partial charge in [0.15, 0.2) is 0 Å². The molecule has 1 N–H and O–H groups in total. The highest BCUT2D eigenvalue weighted by molar-refractivity contribution is 8.02. The molecule has 2 bridgehead atoms. The normalized spacial score (nSPS) is 31.0. The third kappa shape index (κ3) is 5.55. The fourth-order valence-electron chi connectivity index (χ4n) is 8.70. The van der Waals surface area contributed by atoms with E-state index in [1.165, 1.54) is 6.42 Å². The van der Waals surface area contributed by atoms with Crippen molar-refractivity contribution in [2.45, 2.75) is 100 Å². The lowest BCUT2D eigenvalue weighted by Crippen LogP contribution is -2.61. The van der Waals surface area contributed by atoms with E-state index in [1.807, 2.05) is 47.1 Å². The van der Waals surface area contributed by atoms with E-state index in [0.29, 0.717) is 19.6 Å². The van der Waals surface area contributed by atoms with E-state index in [0.717, 1.165) is 44.1 Å². The summed E-state index contributed by atoms with van der Waals surface area (Å²) in [5, 5.41) is 10.7. The van der Waals surface area contributed by atoms with Crippen molar-refractivity contribution in [2.24, 2.45) is 23.7 Å². The third-order valence-corrected chi connectivity index (χ3v) is 13.1. The van der Waals surface area contributed by atoms with Crippen molar-refractivity contribution in [3.8, 4) is 0 Å². The van der Waals surface area contributed by atoms with Crippen LogP contribution in [-0.2, 0) is 20.9 Å². The van der Waals surface area contributed by atoms with Gasteiger partial charge in [-0.05, 0) is 36.7 Å². The molecule has 7 nitrogen and oxygen atoms in total. The molecule has 3 heterocycles. The number of aliphatic hydroxyl groups excluding tert-OH is 1. The zero-order valence-corrected chi connectivity index (χ0v) is 27.6. The first-order valence-electron chi connectivity index (χ1n) is 16.7. The van der Waals surface area contributed by atoms with Gasteiger partial charge >= 0.3 is 0 Å². The van der Waals surface area contributed by atoms with Gasteiger partial charge in [-0.2, -0.15) is 0 Å². The van der Waals surface area contributed by atoms with Crippen molar-refractivity contribution >= 4 is 29.5 Å². The van der Waals surface area contributed by atoms with Crippen LogP contribution in [0, 0.1) is 23.7 Å². The largest absolute Gasteiger partial charge is 0.394 e. The quantitative estimate of drug-likeness (QED) is 0.303. The van der Waals surface area contributed by atoms with Crippen molar-refractivity contribution in [3.63, 3.8) is 0 Å². The molecule has 240 valence electrons. The summed E-state index contributed by atoms with van der Waals surface area (Å²) in [6.07, 6.45) is 10.4. The molecule has 1 aromatic rings. The number of fused-ring (bicyclic) bond motifs is 1. The maximum Gasteiger partial charge on any atom is 0.247 e. The number of thioether (sulfide) groups is 1. The summed E-state index contributed by atoms with van der Waals surface area (Å²) in [4.78, 5) is 50.0. The fourth-order valence-corrected chi connectivity index (χ4v) is 11.1. The van der Waals surface area contributed by atoms with E-state index >= 15 is 4.79 Å². The molecule has 1 spiro atoms. The number of aliphatic hydroxyl groups is 1. The third-order valence-electron chi connectivity index (χ3n) is 11.0. The topological polar surface area (TPSA) is 81.2 Å². The molecule has 1 aromatic carbocycles. The van der Waals surface area contributed by atoms with Gasteiger partial charge in [-0.3, -0.25) is 14.4 Å². The first-order chi connectivity index (χ1) is 21.2. The number of carbonyl (C=O) groups is 3. The van der Waals surface area contributed by atoms with Crippen molar-refractivity contribution in [2.75, 3.05) is 19.7 Å². The molecular weight excluding hydrogens is 570 g/mol. The molecule has 3 unspecified atom stereocenters. The van der Waals surface area contributed by atoms with Gasteiger partial charge in [0.1, 0.15) is 6.04 Å². The molecule has 0 aromatic heterocycles. The molecule has 4 aliphatic rings. The molecule has 4 fully saturated rings. The lowest BCUT2D eigenvalue weighted by molar-refractivity contribution is -0.149. The minimum Gasteiger partial charge on any atom is -0.394 e. The van der Waals surface area contributed by atoms with Gasteiger partial charge in [-0.15, -0.1) is 24.9 Å². The van der Waals surface area contributed by atoms with Crippen LogP contribution in [0.4, 0.5) is 0 Å². The zero-order valence-electron chi connectivity index (χ0n) is 26.8. The van der Waals surface area contributed by atoms with Crippen LogP contribution >= 0.6 is 11.8 Å². The lowest BCUT2D eigenvalue weighted by atomic mass is 9.65. The summed E-state index contributed by atoms with van der Waals surface area (Å²) >= 11 is 1.72. The second kappa shape index (κ2) is 13.8. The number of carbonyl (C=O) groups excluding carboxylic acids is 3. The van der Waals surface area contributed by atoms with E-state index < -0.39 is 28.7 Å². The van der Waals surface area contributed by atoms with E-state index in [-0.39, 0.29) is 47.5 Å². The van der Waals surface area contributed by atoms with Crippen LogP contribution in [0.3, 0.4) is 0 Å². The van der Waals surface area contributed by atoms with Crippen LogP contribution in [0.25, 0.3) is 0 Å². The van der Waals surface area contributed by atoms with Gasteiger partial charge in [0.25, 0.3) is 0 Å². The summed E-state index contributed by atoms with van der Waals surface area (Å²) in [5.74, 6) is -1.26. The second-order valence-corrected chi connectivity index (χ2v) is 15.0. The van der Waals surface area contributed by atoms with Gasteiger partial charge in [-0.25, -0.2) is 0 Å². The Morgan fingerprint density at radius 1 is 1.11 bits per heavy atom. The Balaban J connectivity index is 1.58. The van der Waals surface area contributed by atoms with E-state index in [1.54, 1.807) is 28.8 Å². The molecular formula is C36H51N3O4S. The predicted molar refractivity (Wildman–Crippen MR) is 177 cm³/mol. The van der Waals surface area contributed by atoms with E-state index in [4.69, 9.17) is 0 Å². The lowest BCUT2D eigenvalue weighted by Gasteiger charge is -2.45. The van der Waals surface area contributed by atoms with E-state index in [9.17, 15) is 14.7 Å². The van der Waals surface area contributed by atoms with Gasteiger partial charge in [0.2, 0.25) is 17.7 Å². The van der Waals surface area contributed by atoms with Crippen LogP contribution in [0.1, 0.15) is 71.3 Å². The smallest absolute Gasteiger partial charge is 0.247 e. The molecule has 5 rings (SSSR count). The number of rotatable bonds is 13. The zero-order chi connectivity index (χ0) is 31.6. The molecule has 3 aliphatic heterocycles. The Hall–Kier alpha value is -2.58. The Morgan fingerprint density at radius 3 is 2.41 bits per heavy atom. The molecule has 1 saturated carbocycles. The number of likely N-dealkylation sites (tertiary alicyclic amines) is 1. The van der Waals surface area contributed by atoms with Gasteiger partial charge in [0, 0.05) is 30.9 Å². The SMILES string of the molecule is C=CCN(Cc1ccccc1)C(=O)[C@@H]1[C@H]2C(=O)N([C@@H](CO)[C@@H](C)CC)C(C(=O)N(CC=C)C3CCCCC3)C23S[C@@H]1CC3C. The van der Waals surface area contributed by atoms with Crippen molar-refractivity contribution in [3.05, 3.63) is 61.2 Å². The highest BCUT2D eigenvalue weighted by Gasteiger charge is 2.77. The maximum absolute atomic E-state index is 15.0. The van der Waals surface area contributed by atoms with Crippen LogP contribution in [0.5, 0.6) is 0 Å². The van der Waals surface area contributed by atoms with Crippen molar-refractivity contribution in [1.82, 2.24) is 14.7 Å². The van der Waals surface area contributed by atoms with Crippen LogP contribution in [0.15, 0.2) is 55.6 Å². The molecule has 8 heteroatoms. The number of amides is 3. The minimum absolute atomic E-state index is 0.000913. The van der Waals surface area contributed by atoms with Gasteiger partial charge in [0.05, 0.1) is 29.2 Å². The highest BCUT2D eigenvalue weighted by atomic mass is 32.2. The van der Waals surface area contributed by atoms with Gasteiger partial charge < -0.3 is 19.8 Å².